The number of rotatable bonds is 4. The highest BCUT2D eigenvalue weighted by Gasteiger charge is 2.20. The molecule has 6 rings (SSSR count). The molecule has 2 heteroatoms. The van der Waals surface area contributed by atoms with Gasteiger partial charge in [0.1, 0.15) is 5.75 Å². The zero-order valence-corrected chi connectivity index (χ0v) is 18.1. The summed E-state index contributed by atoms with van der Waals surface area (Å²) in [7, 11) is 1.02. The lowest BCUT2D eigenvalue weighted by molar-refractivity contribution is 0.415. The summed E-state index contributed by atoms with van der Waals surface area (Å²) in [6.07, 6.45) is 0. The van der Waals surface area contributed by atoms with Gasteiger partial charge < -0.3 is 4.74 Å². The lowest BCUT2D eigenvalue weighted by Gasteiger charge is -2.23. The van der Waals surface area contributed by atoms with Crippen LogP contribution in [0, 0.1) is 0 Å². The Morgan fingerprint density at radius 1 is 0.516 bits per heavy atom. The molecule has 6 aromatic rings. The molecule has 0 saturated carbocycles. The molecule has 0 aromatic heterocycles. The molecule has 0 aliphatic carbocycles. The van der Waals surface area contributed by atoms with E-state index < -0.39 is 7.92 Å². The number of ether oxygens (including phenoxy) is 1. The van der Waals surface area contributed by atoms with Gasteiger partial charge in [0.2, 0.25) is 0 Å². The molecule has 0 aliphatic heterocycles. The van der Waals surface area contributed by atoms with E-state index in [0.29, 0.717) is 0 Å². The van der Waals surface area contributed by atoms with Gasteiger partial charge in [-0.05, 0) is 68.3 Å². The number of hydrogen-bond acceptors (Lipinski definition) is 1. The van der Waals surface area contributed by atoms with Gasteiger partial charge in [0, 0.05) is 0 Å². The second-order valence-electron chi connectivity index (χ2n) is 7.81. The lowest BCUT2D eigenvalue weighted by Crippen LogP contribution is -2.21. The zero-order valence-electron chi connectivity index (χ0n) is 17.2. The van der Waals surface area contributed by atoms with Crippen LogP contribution in [0.3, 0.4) is 0 Å². The summed E-state index contributed by atoms with van der Waals surface area (Å²) in [4.78, 5) is 0. The van der Waals surface area contributed by atoms with Crippen molar-refractivity contribution >= 4 is 56.2 Å². The molecular formula is C29H21OP. The van der Waals surface area contributed by atoms with Crippen molar-refractivity contribution in [2.24, 2.45) is 0 Å². The maximum Gasteiger partial charge on any atom is 0.118 e. The van der Waals surface area contributed by atoms with Crippen molar-refractivity contribution in [1.29, 1.82) is 0 Å². The minimum absolute atomic E-state index is 0.696. The standard InChI is InChI=1S/C29H21OP/c1-30-23-14-16-25(17-15-23)31(24-8-3-2-4-9-24)27-19-13-22-11-10-20-6-5-7-21-12-18-26(27)29(22)28(20)21/h2-19H,1H3. The van der Waals surface area contributed by atoms with Crippen LogP contribution in [0.5, 0.6) is 5.75 Å². The molecule has 0 N–H and O–H groups in total. The molecule has 0 radical (unpaired) electrons. The first-order chi connectivity index (χ1) is 15.3. The van der Waals surface area contributed by atoms with Gasteiger partial charge in [-0.15, -0.1) is 0 Å². The predicted octanol–water partition coefficient (Wildman–Crippen LogP) is 6.35. The van der Waals surface area contributed by atoms with Gasteiger partial charge in [0.15, 0.2) is 0 Å². The van der Waals surface area contributed by atoms with Crippen LogP contribution in [0.25, 0.3) is 32.3 Å². The molecule has 1 unspecified atom stereocenters. The van der Waals surface area contributed by atoms with Crippen LogP contribution >= 0.6 is 7.92 Å². The van der Waals surface area contributed by atoms with Crippen LogP contribution in [0.2, 0.25) is 0 Å². The molecular weight excluding hydrogens is 395 g/mol. The molecule has 1 nitrogen and oxygen atoms in total. The largest absolute Gasteiger partial charge is 0.497 e. The Kier molecular flexibility index (Phi) is 4.37. The van der Waals surface area contributed by atoms with E-state index in [-0.39, 0.29) is 0 Å². The third-order valence-corrected chi connectivity index (χ3v) is 8.59. The first-order valence-corrected chi connectivity index (χ1v) is 11.8. The third kappa shape index (κ3) is 2.97. The second kappa shape index (κ2) is 7.38. The fourth-order valence-electron chi connectivity index (χ4n) is 4.65. The van der Waals surface area contributed by atoms with Crippen LogP contribution < -0.4 is 20.7 Å². The van der Waals surface area contributed by atoms with Crippen LogP contribution in [-0.2, 0) is 0 Å². The molecule has 0 bridgehead atoms. The first-order valence-electron chi connectivity index (χ1n) is 10.5. The quantitative estimate of drug-likeness (QED) is 0.240. The van der Waals surface area contributed by atoms with E-state index in [2.05, 4.69) is 109 Å². The smallest absolute Gasteiger partial charge is 0.118 e. The minimum Gasteiger partial charge on any atom is -0.497 e. The van der Waals surface area contributed by atoms with Gasteiger partial charge in [0.25, 0.3) is 0 Å². The molecule has 0 heterocycles. The van der Waals surface area contributed by atoms with E-state index in [1.165, 1.54) is 48.2 Å². The van der Waals surface area contributed by atoms with Crippen LogP contribution in [0.1, 0.15) is 0 Å². The lowest BCUT2D eigenvalue weighted by atomic mass is 9.94. The number of methoxy groups -OCH3 is 1. The van der Waals surface area contributed by atoms with E-state index in [4.69, 9.17) is 4.74 Å². The summed E-state index contributed by atoms with van der Waals surface area (Å²) in [6, 6.07) is 39.8. The highest BCUT2D eigenvalue weighted by molar-refractivity contribution is 7.80. The summed E-state index contributed by atoms with van der Waals surface area (Å²) in [5, 5.41) is 12.1. The van der Waals surface area contributed by atoms with Crippen LogP contribution in [0.15, 0.2) is 109 Å². The van der Waals surface area contributed by atoms with Crippen molar-refractivity contribution in [3.05, 3.63) is 109 Å². The first kappa shape index (κ1) is 18.4. The van der Waals surface area contributed by atoms with Gasteiger partial charge in [-0.25, -0.2) is 0 Å². The second-order valence-corrected chi connectivity index (χ2v) is 10.00. The summed E-state index contributed by atoms with van der Waals surface area (Å²) in [5.74, 6) is 0.891. The Labute approximate surface area is 183 Å². The van der Waals surface area contributed by atoms with E-state index in [1.807, 2.05) is 0 Å². The molecule has 0 fully saturated rings. The molecule has 0 aliphatic rings. The van der Waals surface area contributed by atoms with Gasteiger partial charge >= 0.3 is 0 Å². The average Bonchev–Trinajstić information content (AvgIpc) is 2.84. The van der Waals surface area contributed by atoms with E-state index >= 15 is 0 Å². The minimum atomic E-state index is -0.696. The fraction of sp³-hybridized carbons (Fsp3) is 0.0345. The van der Waals surface area contributed by atoms with Gasteiger partial charge in [-0.2, -0.15) is 0 Å². The van der Waals surface area contributed by atoms with Gasteiger partial charge in [-0.1, -0.05) is 97.1 Å². The molecule has 0 saturated heterocycles. The monoisotopic (exact) mass is 416 g/mol. The summed E-state index contributed by atoms with van der Waals surface area (Å²) in [6.45, 7) is 0. The average molecular weight is 416 g/mol. The third-order valence-electron chi connectivity index (χ3n) is 6.09. The van der Waals surface area contributed by atoms with Crippen molar-refractivity contribution in [3.63, 3.8) is 0 Å². The Bertz CT molecular complexity index is 1490. The normalized spacial score (nSPS) is 12.5. The van der Waals surface area contributed by atoms with Gasteiger partial charge in [-0.3, -0.25) is 0 Å². The van der Waals surface area contributed by atoms with Crippen molar-refractivity contribution in [1.82, 2.24) is 0 Å². The molecule has 0 amide bonds. The van der Waals surface area contributed by atoms with Crippen molar-refractivity contribution in [3.8, 4) is 5.75 Å². The van der Waals surface area contributed by atoms with Crippen molar-refractivity contribution in [2.75, 3.05) is 7.11 Å². The number of benzene rings is 6. The van der Waals surface area contributed by atoms with E-state index in [1.54, 1.807) is 7.11 Å². The van der Waals surface area contributed by atoms with Crippen molar-refractivity contribution in [2.45, 2.75) is 0 Å². The SMILES string of the molecule is COc1ccc(P(c2ccccc2)c2ccc3ccc4cccc5ccc2c3c45)cc1. The molecule has 148 valence electrons. The van der Waals surface area contributed by atoms with E-state index in [0.717, 1.165) is 5.75 Å². The summed E-state index contributed by atoms with van der Waals surface area (Å²) in [5.41, 5.74) is 0. The fourth-order valence-corrected chi connectivity index (χ4v) is 7.07. The highest BCUT2D eigenvalue weighted by atomic mass is 31.1. The van der Waals surface area contributed by atoms with Crippen LogP contribution in [-0.4, -0.2) is 7.11 Å². The molecule has 1 atom stereocenters. The Morgan fingerprint density at radius 3 is 1.84 bits per heavy atom. The van der Waals surface area contributed by atoms with Gasteiger partial charge in [0.05, 0.1) is 7.11 Å². The number of hydrogen-bond donors (Lipinski definition) is 0. The summed E-state index contributed by atoms with van der Waals surface area (Å²) < 4.78 is 5.41. The van der Waals surface area contributed by atoms with Crippen molar-refractivity contribution < 1.29 is 4.74 Å². The highest BCUT2D eigenvalue weighted by Crippen LogP contribution is 2.40. The Balaban J connectivity index is 1.67. The zero-order chi connectivity index (χ0) is 20.8. The van der Waals surface area contributed by atoms with Crippen LogP contribution in [0.4, 0.5) is 0 Å². The Hall–Kier alpha value is -3.41. The molecule has 31 heavy (non-hydrogen) atoms. The topological polar surface area (TPSA) is 9.23 Å². The molecule has 0 spiro atoms. The molecule has 6 aromatic carbocycles. The Morgan fingerprint density at radius 2 is 1.13 bits per heavy atom. The maximum absolute atomic E-state index is 5.41. The predicted molar refractivity (Wildman–Crippen MR) is 135 cm³/mol. The van der Waals surface area contributed by atoms with E-state index in [9.17, 15) is 0 Å². The summed E-state index contributed by atoms with van der Waals surface area (Å²) >= 11 is 0. The maximum atomic E-state index is 5.41.